The molecular weight excluding hydrogens is 177 g/mol. The van der Waals surface area contributed by atoms with Gasteiger partial charge < -0.3 is 6.15 Å². The molecule has 0 aromatic carbocycles. The minimum Gasteiger partial charge on any atom is -0.344 e. The van der Waals surface area contributed by atoms with E-state index in [1.807, 2.05) is 0 Å². The summed E-state index contributed by atoms with van der Waals surface area (Å²) in [5.41, 5.74) is 0. The third kappa shape index (κ3) is 10.4. The van der Waals surface area contributed by atoms with Crippen LogP contribution in [-0.2, 0) is 34.1 Å². The average molecular weight is 181 g/mol. The number of halogens is 1. The second-order valence-corrected chi connectivity index (χ2v) is 0. The minimum absolute atomic E-state index is 0. The molecule has 0 fully saturated rings. The molecule has 0 aliphatic rings. The van der Waals surface area contributed by atoms with Crippen LogP contribution in [-0.4, -0.2) is 0 Å². The molecule has 0 unspecified atom stereocenters. The monoisotopic (exact) mass is 179 g/mol. The molecule has 0 saturated heterocycles. The van der Waals surface area contributed by atoms with Crippen LogP contribution in [0.15, 0.2) is 0 Å². The van der Waals surface area contributed by atoms with Crippen LogP contribution in [0.5, 0.6) is 0 Å². The van der Waals surface area contributed by atoms with Gasteiger partial charge in [-0.2, -0.15) is 0 Å². The number of hydrogen-bond acceptors (Lipinski definition) is 1. The summed E-state index contributed by atoms with van der Waals surface area (Å²) in [6.45, 7) is 0. The summed E-state index contributed by atoms with van der Waals surface area (Å²) in [6.07, 6.45) is 0. The van der Waals surface area contributed by atoms with E-state index in [9.17, 15) is 0 Å². The molecular formula is H4ClCu2N. The van der Waals surface area contributed by atoms with E-state index in [0.717, 1.165) is 0 Å². The Labute approximate surface area is 52.8 Å². The van der Waals surface area contributed by atoms with E-state index in [1.165, 1.54) is 0 Å². The average Bonchev–Trinajstić information content (AvgIpc) is 0. The van der Waals surface area contributed by atoms with Crippen LogP contribution in [0.25, 0.3) is 0 Å². The SMILES string of the molecule is Cl.N.[Cu].[Cu]. The van der Waals surface area contributed by atoms with E-state index in [2.05, 4.69) is 0 Å². The van der Waals surface area contributed by atoms with Gasteiger partial charge in [-0.3, -0.25) is 0 Å². The summed E-state index contributed by atoms with van der Waals surface area (Å²) in [5.74, 6) is 0. The van der Waals surface area contributed by atoms with Gasteiger partial charge in [0.1, 0.15) is 0 Å². The van der Waals surface area contributed by atoms with Gasteiger partial charge in [0.15, 0.2) is 0 Å². The quantitative estimate of drug-likeness (QED) is 0.544. The van der Waals surface area contributed by atoms with Gasteiger partial charge in [0.2, 0.25) is 0 Å². The summed E-state index contributed by atoms with van der Waals surface area (Å²) >= 11 is 0. The summed E-state index contributed by atoms with van der Waals surface area (Å²) in [6, 6.07) is 0. The van der Waals surface area contributed by atoms with Crippen LogP contribution >= 0.6 is 12.4 Å². The molecule has 38 valence electrons. The maximum Gasteiger partial charge on any atom is 0 e. The topological polar surface area (TPSA) is 35.0 Å². The summed E-state index contributed by atoms with van der Waals surface area (Å²) in [4.78, 5) is 0. The van der Waals surface area contributed by atoms with Crippen LogP contribution < -0.4 is 6.15 Å². The van der Waals surface area contributed by atoms with Crippen LogP contribution in [0.3, 0.4) is 0 Å². The Morgan fingerprint density at radius 2 is 0.750 bits per heavy atom. The molecule has 4 heavy (non-hydrogen) atoms. The van der Waals surface area contributed by atoms with Crippen molar-refractivity contribution in [3.63, 3.8) is 0 Å². The van der Waals surface area contributed by atoms with Crippen LogP contribution in [0.1, 0.15) is 0 Å². The Morgan fingerprint density at radius 3 is 0.750 bits per heavy atom. The number of hydrogen-bond donors (Lipinski definition) is 1. The molecule has 0 heterocycles. The molecule has 2 radical (unpaired) electrons. The first kappa shape index (κ1) is 58.6. The zero-order valence-electron chi connectivity index (χ0n) is 1.72. The van der Waals surface area contributed by atoms with E-state index in [-0.39, 0.29) is 52.7 Å². The van der Waals surface area contributed by atoms with Gasteiger partial charge in [-0.05, 0) is 0 Å². The molecule has 0 aromatic heterocycles. The standard InChI is InChI=1S/ClH.2Cu.H3N/h1H;;;1H3. The summed E-state index contributed by atoms with van der Waals surface area (Å²) < 4.78 is 0. The molecule has 0 rings (SSSR count). The van der Waals surface area contributed by atoms with Crippen molar-refractivity contribution in [2.45, 2.75) is 0 Å². The van der Waals surface area contributed by atoms with Crippen molar-refractivity contribution in [1.82, 2.24) is 6.15 Å². The fourth-order valence-electron chi connectivity index (χ4n) is 0. The van der Waals surface area contributed by atoms with Crippen molar-refractivity contribution in [3.05, 3.63) is 0 Å². The van der Waals surface area contributed by atoms with Crippen molar-refractivity contribution in [1.29, 1.82) is 0 Å². The van der Waals surface area contributed by atoms with Crippen LogP contribution in [0.2, 0.25) is 0 Å². The molecule has 3 N–H and O–H groups in total. The Morgan fingerprint density at radius 1 is 0.750 bits per heavy atom. The molecule has 0 spiro atoms. The molecule has 0 atom stereocenters. The third-order valence-corrected chi connectivity index (χ3v) is 0. The van der Waals surface area contributed by atoms with Crippen molar-refractivity contribution in [2.75, 3.05) is 0 Å². The van der Waals surface area contributed by atoms with E-state index in [0.29, 0.717) is 0 Å². The van der Waals surface area contributed by atoms with Crippen LogP contribution in [0, 0.1) is 0 Å². The van der Waals surface area contributed by atoms with E-state index < -0.39 is 0 Å². The largest absolute Gasteiger partial charge is 0.344 e. The molecule has 0 aromatic rings. The second kappa shape index (κ2) is 27.9. The van der Waals surface area contributed by atoms with Crippen molar-refractivity contribution >= 4 is 12.4 Å². The van der Waals surface area contributed by atoms with Gasteiger partial charge in [0.05, 0.1) is 0 Å². The zero-order chi connectivity index (χ0) is 0. The van der Waals surface area contributed by atoms with Gasteiger partial charge in [0, 0.05) is 34.1 Å². The maximum absolute atomic E-state index is 0. The predicted octanol–water partition coefficient (Wildman–Crippen LogP) is 0.579. The zero-order valence-corrected chi connectivity index (χ0v) is 4.42. The first-order valence-corrected chi connectivity index (χ1v) is 0. The molecule has 0 amide bonds. The summed E-state index contributed by atoms with van der Waals surface area (Å²) in [7, 11) is 0. The smallest absolute Gasteiger partial charge is 0 e. The Kier molecular flexibility index (Phi) is 409. The van der Waals surface area contributed by atoms with Crippen molar-refractivity contribution in [2.24, 2.45) is 0 Å². The fraction of sp³-hybridized carbons (Fsp3) is 0. The molecule has 1 nitrogen and oxygen atoms in total. The molecule has 4 heteroatoms. The molecule has 0 bridgehead atoms. The Hall–Kier alpha value is 1.29. The van der Waals surface area contributed by atoms with Gasteiger partial charge >= 0.3 is 0 Å². The van der Waals surface area contributed by atoms with E-state index in [4.69, 9.17) is 0 Å². The normalized spacial score (nSPS) is 0. The third-order valence-electron chi connectivity index (χ3n) is 0. The number of rotatable bonds is 0. The van der Waals surface area contributed by atoms with Gasteiger partial charge in [-0.1, -0.05) is 0 Å². The molecule has 0 aliphatic carbocycles. The van der Waals surface area contributed by atoms with Gasteiger partial charge in [-0.15, -0.1) is 12.4 Å². The maximum atomic E-state index is 0. The predicted molar refractivity (Wildman–Crippen MR) is 12.3 cm³/mol. The van der Waals surface area contributed by atoms with Crippen molar-refractivity contribution < 1.29 is 34.1 Å². The minimum atomic E-state index is 0. The molecule has 0 saturated carbocycles. The van der Waals surface area contributed by atoms with E-state index >= 15 is 0 Å². The molecule has 0 aliphatic heterocycles. The first-order valence-electron chi connectivity index (χ1n) is 0. The first-order chi connectivity index (χ1) is 0. The second-order valence-electron chi connectivity index (χ2n) is 0. The summed E-state index contributed by atoms with van der Waals surface area (Å²) in [5, 5.41) is 0. The van der Waals surface area contributed by atoms with Gasteiger partial charge in [-0.25, -0.2) is 0 Å². The van der Waals surface area contributed by atoms with Crippen LogP contribution in [0.4, 0.5) is 0 Å². The van der Waals surface area contributed by atoms with Crippen molar-refractivity contribution in [3.8, 4) is 0 Å². The fourth-order valence-corrected chi connectivity index (χ4v) is 0. The van der Waals surface area contributed by atoms with E-state index in [1.54, 1.807) is 0 Å². The Balaban J connectivity index is 0. The Bertz CT molecular complexity index is 6.00. The van der Waals surface area contributed by atoms with Gasteiger partial charge in [0.25, 0.3) is 0 Å².